The molecule has 372 valence electrons. The van der Waals surface area contributed by atoms with Crippen molar-refractivity contribution in [1.82, 2.24) is 0 Å². The fraction of sp³-hybridized carbons (Fsp3) is 0.827. The van der Waals surface area contributed by atoms with Crippen LogP contribution in [0.5, 0.6) is 0 Å². The van der Waals surface area contributed by atoms with E-state index in [0.29, 0.717) is 43.1 Å². The molecule has 0 spiro atoms. The summed E-state index contributed by atoms with van der Waals surface area (Å²) in [4.78, 5) is 50.3. The van der Waals surface area contributed by atoms with Crippen LogP contribution in [0.25, 0.3) is 0 Å². The number of aliphatic hydroxyl groups is 1. The fourth-order valence-corrected chi connectivity index (χ4v) is 8.49. The van der Waals surface area contributed by atoms with Crippen LogP contribution in [0.3, 0.4) is 0 Å². The third-order valence-electron chi connectivity index (χ3n) is 11.9. The quantitative estimate of drug-likeness (QED) is 0.0206. The largest absolute Gasteiger partial charge is 0.756 e. The molecule has 1 unspecified atom stereocenters. The number of ether oxygens (including phenoxy) is 2. The molecule has 11 nitrogen and oxygen atoms in total. The van der Waals surface area contributed by atoms with Crippen LogP contribution < -0.4 is 4.89 Å². The van der Waals surface area contributed by atoms with E-state index in [1.165, 1.54) is 109 Å². The Morgan fingerprint density at radius 3 is 1.78 bits per heavy atom. The maximum absolute atomic E-state index is 12.8. The van der Waals surface area contributed by atoms with Gasteiger partial charge in [-0.15, -0.1) is 0 Å². The van der Waals surface area contributed by atoms with E-state index < -0.39 is 38.6 Å². The third-order valence-corrected chi connectivity index (χ3v) is 12.9. The van der Waals surface area contributed by atoms with Crippen LogP contribution in [-0.2, 0) is 37.5 Å². The minimum absolute atomic E-state index is 0.0283. The summed E-state index contributed by atoms with van der Waals surface area (Å²) in [6.07, 6.45) is 42.3. The first kappa shape index (κ1) is 59.9. The number of phosphoric ester groups is 1. The van der Waals surface area contributed by atoms with Crippen molar-refractivity contribution in [3.8, 4) is 0 Å². The summed E-state index contributed by atoms with van der Waals surface area (Å²) >= 11 is 0. The molecule has 0 saturated heterocycles. The summed E-state index contributed by atoms with van der Waals surface area (Å²) in [5.41, 5.74) is 0. The van der Waals surface area contributed by atoms with Crippen LogP contribution in [-0.4, -0.2) is 87.0 Å². The number of carbonyl (C=O) groups excluding carboxylic acids is 3. The van der Waals surface area contributed by atoms with E-state index in [2.05, 4.69) is 13.8 Å². The lowest BCUT2D eigenvalue weighted by atomic mass is 9.90. The second-order valence-electron chi connectivity index (χ2n) is 19.2. The van der Waals surface area contributed by atoms with E-state index >= 15 is 0 Å². The van der Waals surface area contributed by atoms with Crippen molar-refractivity contribution < 1.29 is 52.0 Å². The first-order valence-electron chi connectivity index (χ1n) is 25.8. The van der Waals surface area contributed by atoms with Gasteiger partial charge in [-0.1, -0.05) is 192 Å². The molecule has 0 heterocycles. The molecule has 1 N–H and O–H groups in total. The van der Waals surface area contributed by atoms with Crippen molar-refractivity contribution >= 4 is 25.5 Å². The molecule has 0 radical (unpaired) electrons. The highest BCUT2D eigenvalue weighted by molar-refractivity contribution is 7.45. The molecular formula is C52H94NO10P. The van der Waals surface area contributed by atoms with Gasteiger partial charge in [-0.05, 0) is 44.1 Å². The molecule has 0 saturated carbocycles. The molecule has 0 aromatic carbocycles. The van der Waals surface area contributed by atoms with Gasteiger partial charge in [0.25, 0.3) is 7.82 Å². The molecule has 1 aliphatic rings. The predicted molar refractivity (Wildman–Crippen MR) is 259 cm³/mol. The maximum Gasteiger partial charge on any atom is 0.306 e. The average Bonchev–Trinajstić information content (AvgIpc) is 3.60. The molecule has 0 aromatic rings. The van der Waals surface area contributed by atoms with Crippen molar-refractivity contribution in [3.63, 3.8) is 0 Å². The summed E-state index contributed by atoms with van der Waals surface area (Å²) in [7, 11) is 1.06. The molecule has 1 aliphatic carbocycles. The summed E-state index contributed by atoms with van der Waals surface area (Å²) in [6.45, 7) is 3.93. The molecule has 0 aliphatic heterocycles. The van der Waals surface area contributed by atoms with Gasteiger partial charge >= 0.3 is 11.9 Å². The number of esters is 2. The Morgan fingerprint density at radius 1 is 0.719 bits per heavy atom. The molecule has 1 rings (SSSR count). The van der Waals surface area contributed by atoms with Gasteiger partial charge < -0.3 is 33.0 Å². The van der Waals surface area contributed by atoms with Gasteiger partial charge in [-0.2, -0.15) is 0 Å². The number of hydrogen-bond donors (Lipinski definition) is 1. The van der Waals surface area contributed by atoms with Crippen LogP contribution in [0.4, 0.5) is 0 Å². The molecule has 64 heavy (non-hydrogen) atoms. The van der Waals surface area contributed by atoms with Gasteiger partial charge in [0.05, 0.1) is 33.9 Å². The topological polar surface area (TPSA) is 148 Å². The van der Waals surface area contributed by atoms with Crippen molar-refractivity contribution in [2.24, 2.45) is 11.8 Å². The Kier molecular flexibility index (Phi) is 36.4. The summed E-state index contributed by atoms with van der Waals surface area (Å²) in [5.74, 6) is -1.18. The van der Waals surface area contributed by atoms with Crippen molar-refractivity contribution in [3.05, 3.63) is 36.5 Å². The highest BCUT2D eigenvalue weighted by Crippen LogP contribution is 2.38. The Labute approximate surface area is 390 Å². The number of allylic oxidation sites excluding steroid dienone is 5. The van der Waals surface area contributed by atoms with Gasteiger partial charge in [-0.25, -0.2) is 0 Å². The molecule has 0 fully saturated rings. The third kappa shape index (κ3) is 36.0. The van der Waals surface area contributed by atoms with E-state index in [0.717, 1.165) is 38.5 Å². The van der Waals surface area contributed by atoms with E-state index in [4.69, 9.17) is 18.5 Å². The van der Waals surface area contributed by atoms with Crippen LogP contribution in [0.15, 0.2) is 36.5 Å². The number of aliphatic hydroxyl groups excluding tert-OH is 1. The van der Waals surface area contributed by atoms with Crippen molar-refractivity contribution in [1.29, 1.82) is 0 Å². The standard InChI is InChI=1S/C52H94NO10P/c1-6-8-10-11-12-13-14-15-16-17-18-19-20-21-22-23-24-25-26-27-33-37-52(57)63-48(45-62-64(58,59)61-43-42-53(3,4)5)44-60-51(56)36-32-29-28-31-34-46-38-41-50(55)49(46)40-39-47(54)35-30-9-7-2/h28,31,38-41,46-49,54H,6-27,29-30,32-37,42-45H2,1-5H3/b31-28-,40-39+/t46-,47-,48+,49+/m0/s1. The van der Waals surface area contributed by atoms with Gasteiger partial charge in [0.15, 0.2) is 11.9 Å². The van der Waals surface area contributed by atoms with Gasteiger partial charge in [0.1, 0.15) is 19.8 Å². The molecule has 0 aromatic heterocycles. The maximum atomic E-state index is 12.8. The Hall–Kier alpha value is -2.14. The number of carbonyl (C=O) groups is 3. The van der Waals surface area contributed by atoms with Gasteiger partial charge in [0.2, 0.25) is 0 Å². The Morgan fingerprint density at radius 2 is 1.23 bits per heavy atom. The molecule has 0 amide bonds. The minimum Gasteiger partial charge on any atom is -0.756 e. The van der Waals surface area contributed by atoms with Gasteiger partial charge in [0, 0.05) is 18.8 Å². The summed E-state index contributed by atoms with van der Waals surface area (Å²) in [6, 6.07) is 0. The number of nitrogens with zero attached hydrogens (tertiary/aromatic N) is 1. The van der Waals surface area contributed by atoms with E-state index in [-0.39, 0.29) is 43.7 Å². The lowest BCUT2D eigenvalue weighted by Gasteiger charge is -2.28. The first-order valence-corrected chi connectivity index (χ1v) is 27.2. The van der Waals surface area contributed by atoms with Crippen LogP contribution in [0.2, 0.25) is 0 Å². The van der Waals surface area contributed by atoms with Crippen molar-refractivity contribution in [2.45, 2.75) is 219 Å². The highest BCUT2D eigenvalue weighted by Gasteiger charge is 2.27. The molecule has 5 atom stereocenters. The zero-order valence-electron chi connectivity index (χ0n) is 41.3. The number of rotatable bonds is 44. The van der Waals surface area contributed by atoms with E-state index in [1.807, 2.05) is 45.4 Å². The Bertz CT molecular complexity index is 1330. The van der Waals surface area contributed by atoms with Crippen LogP contribution >= 0.6 is 7.82 Å². The minimum atomic E-state index is -4.68. The molecule has 0 bridgehead atoms. The number of likely N-dealkylation sites (N-methyl/N-ethyl adjacent to an activating group) is 1. The monoisotopic (exact) mass is 924 g/mol. The Balaban J connectivity index is 2.35. The van der Waals surface area contributed by atoms with E-state index in [1.54, 1.807) is 12.2 Å². The summed E-state index contributed by atoms with van der Waals surface area (Å²) < 4.78 is 34.0. The zero-order chi connectivity index (χ0) is 47.2. The molecular weight excluding hydrogens is 830 g/mol. The van der Waals surface area contributed by atoms with E-state index in [9.17, 15) is 28.9 Å². The van der Waals surface area contributed by atoms with Crippen LogP contribution in [0.1, 0.15) is 206 Å². The number of phosphoric acid groups is 1. The smallest absolute Gasteiger partial charge is 0.306 e. The number of hydrogen-bond acceptors (Lipinski definition) is 10. The van der Waals surface area contributed by atoms with Crippen LogP contribution in [0, 0.1) is 11.8 Å². The van der Waals surface area contributed by atoms with Crippen molar-refractivity contribution in [2.75, 3.05) is 47.5 Å². The number of unbranched alkanes of at least 4 members (excludes halogenated alkanes) is 23. The number of quaternary nitrogens is 1. The van der Waals surface area contributed by atoms with Gasteiger partial charge in [-0.3, -0.25) is 18.9 Å². The highest BCUT2D eigenvalue weighted by atomic mass is 31.2. The normalized spacial score (nSPS) is 17.4. The zero-order valence-corrected chi connectivity index (χ0v) is 42.2. The fourth-order valence-electron chi connectivity index (χ4n) is 7.76. The molecule has 12 heteroatoms. The lowest BCUT2D eigenvalue weighted by Crippen LogP contribution is -2.37. The SMILES string of the molecule is CCCCCCCCCCCCCCCCCCCCCCCC(=O)O[C@H](COC(=O)CCC/C=C\C[C@H]1C=CC(=O)[C@@H]1/C=C/[C@@H](O)CCCCC)COP(=O)([O-])OCC[N+](C)(C)C. The number of ketones is 1. The predicted octanol–water partition coefficient (Wildman–Crippen LogP) is 12.2. The second-order valence-corrected chi connectivity index (χ2v) is 20.6. The second kappa shape index (κ2) is 38.9. The first-order chi connectivity index (χ1) is 30.8. The lowest BCUT2D eigenvalue weighted by molar-refractivity contribution is -0.870. The summed E-state index contributed by atoms with van der Waals surface area (Å²) in [5, 5.41) is 10.2. The average molecular weight is 924 g/mol.